The minimum atomic E-state index is -3.89. The highest BCUT2D eigenvalue weighted by atomic mass is 32.2. The van der Waals surface area contributed by atoms with Gasteiger partial charge >= 0.3 is 0 Å². The fourth-order valence-corrected chi connectivity index (χ4v) is 4.85. The van der Waals surface area contributed by atoms with Gasteiger partial charge < -0.3 is 5.32 Å². The first-order valence-electron chi connectivity index (χ1n) is 8.96. The topological polar surface area (TPSA) is 66.5 Å². The monoisotopic (exact) mass is 390 g/mol. The lowest BCUT2D eigenvalue weighted by molar-refractivity contribution is -0.126. The fourth-order valence-electron chi connectivity index (χ4n) is 3.24. The van der Waals surface area contributed by atoms with Gasteiger partial charge in [-0.1, -0.05) is 36.4 Å². The highest BCUT2D eigenvalue weighted by molar-refractivity contribution is 7.89. The Balaban J connectivity index is 1.59. The summed E-state index contributed by atoms with van der Waals surface area (Å²) < 4.78 is 40.8. The van der Waals surface area contributed by atoms with Crippen LogP contribution >= 0.6 is 0 Å². The SMILES string of the molecule is Cc1ccc(F)c(S(=O)(=O)N2CCC(C(=O)NCc3ccccc3)CC2)c1. The molecule has 2 aromatic rings. The number of piperidine rings is 1. The van der Waals surface area contributed by atoms with Gasteiger partial charge in [0.15, 0.2) is 0 Å². The summed E-state index contributed by atoms with van der Waals surface area (Å²) in [7, 11) is -3.89. The van der Waals surface area contributed by atoms with Crippen molar-refractivity contribution in [1.82, 2.24) is 9.62 Å². The lowest BCUT2D eigenvalue weighted by atomic mass is 9.97. The van der Waals surface area contributed by atoms with Crippen molar-refractivity contribution in [3.8, 4) is 0 Å². The molecule has 0 atom stereocenters. The molecule has 0 aliphatic carbocycles. The minimum absolute atomic E-state index is 0.0716. The molecule has 1 aliphatic rings. The average molecular weight is 390 g/mol. The molecule has 1 heterocycles. The van der Waals surface area contributed by atoms with Gasteiger partial charge in [-0.2, -0.15) is 4.31 Å². The van der Waals surface area contributed by atoms with Gasteiger partial charge in [-0.3, -0.25) is 4.79 Å². The normalized spacial score (nSPS) is 16.2. The quantitative estimate of drug-likeness (QED) is 0.854. The van der Waals surface area contributed by atoms with Crippen molar-refractivity contribution in [2.75, 3.05) is 13.1 Å². The summed E-state index contributed by atoms with van der Waals surface area (Å²) in [6.07, 6.45) is 0.848. The van der Waals surface area contributed by atoms with Crippen molar-refractivity contribution in [3.63, 3.8) is 0 Å². The lowest BCUT2D eigenvalue weighted by Crippen LogP contribution is -2.43. The van der Waals surface area contributed by atoms with Crippen molar-refractivity contribution >= 4 is 15.9 Å². The van der Waals surface area contributed by atoms with Gasteiger partial charge in [-0.05, 0) is 43.0 Å². The minimum Gasteiger partial charge on any atom is -0.352 e. The number of nitrogens with zero attached hydrogens (tertiary/aromatic N) is 1. The summed E-state index contributed by atoms with van der Waals surface area (Å²) >= 11 is 0. The lowest BCUT2D eigenvalue weighted by Gasteiger charge is -2.30. The van der Waals surface area contributed by atoms with Gasteiger partial charge in [0.1, 0.15) is 10.7 Å². The summed E-state index contributed by atoms with van der Waals surface area (Å²) in [5.41, 5.74) is 1.70. The number of benzene rings is 2. The van der Waals surface area contributed by atoms with E-state index in [4.69, 9.17) is 0 Å². The van der Waals surface area contributed by atoms with Gasteiger partial charge in [0.05, 0.1) is 0 Å². The molecule has 1 fully saturated rings. The second-order valence-corrected chi connectivity index (χ2v) is 8.72. The molecule has 1 aliphatic heterocycles. The van der Waals surface area contributed by atoms with Crippen molar-refractivity contribution in [2.24, 2.45) is 5.92 Å². The predicted molar refractivity (Wildman–Crippen MR) is 101 cm³/mol. The van der Waals surface area contributed by atoms with Gasteiger partial charge in [-0.25, -0.2) is 12.8 Å². The van der Waals surface area contributed by atoms with Crippen LogP contribution in [0.25, 0.3) is 0 Å². The van der Waals surface area contributed by atoms with E-state index in [0.717, 1.165) is 5.56 Å². The van der Waals surface area contributed by atoms with Crippen LogP contribution in [-0.2, 0) is 21.4 Å². The number of halogens is 1. The van der Waals surface area contributed by atoms with E-state index < -0.39 is 15.8 Å². The molecule has 0 radical (unpaired) electrons. The third kappa shape index (κ3) is 4.54. The standard InChI is InChI=1S/C20H23FN2O3S/c1-15-7-8-18(21)19(13-15)27(25,26)23-11-9-17(10-12-23)20(24)22-14-16-5-3-2-4-6-16/h2-8,13,17H,9-12,14H2,1H3,(H,22,24). The maximum Gasteiger partial charge on any atom is 0.245 e. The van der Waals surface area contributed by atoms with Crippen LogP contribution in [0.15, 0.2) is 53.4 Å². The molecule has 7 heteroatoms. The van der Waals surface area contributed by atoms with Gasteiger partial charge in [0.25, 0.3) is 0 Å². The van der Waals surface area contributed by atoms with Crippen LogP contribution in [0.2, 0.25) is 0 Å². The molecule has 0 aromatic heterocycles. The van der Waals surface area contributed by atoms with E-state index in [0.29, 0.717) is 24.9 Å². The zero-order valence-corrected chi connectivity index (χ0v) is 16.0. The van der Waals surface area contributed by atoms with E-state index in [-0.39, 0.29) is 29.8 Å². The number of hydrogen-bond acceptors (Lipinski definition) is 3. The molecule has 0 saturated carbocycles. The molecule has 144 valence electrons. The summed E-state index contributed by atoms with van der Waals surface area (Å²) in [6, 6.07) is 13.7. The summed E-state index contributed by atoms with van der Waals surface area (Å²) in [4.78, 5) is 12.1. The number of carbonyl (C=O) groups is 1. The van der Waals surface area contributed by atoms with Gasteiger partial charge in [0, 0.05) is 25.6 Å². The second-order valence-electron chi connectivity index (χ2n) is 6.82. The van der Waals surface area contributed by atoms with Crippen LogP contribution in [0.3, 0.4) is 0 Å². The molecule has 27 heavy (non-hydrogen) atoms. The van der Waals surface area contributed by atoms with Crippen molar-refractivity contribution in [2.45, 2.75) is 31.2 Å². The van der Waals surface area contributed by atoms with E-state index in [9.17, 15) is 17.6 Å². The Hall–Kier alpha value is -2.25. The molecular formula is C20H23FN2O3S. The van der Waals surface area contributed by atoms with Crippen LogP contribution in [0.1, 0.15) is 24.0 Å². The molecule has 0 spiro atoms. The first-order valence-corrected chi connectivity index (χ1v) is 10.4. The largest absolute Gasteiger partial charge is 0.352 e. The van der Waals surface area contributed by atoms with E-state index in [1.807, 2.05) is 30.3 Å². The van der Waals surface area contributed by atoms with Crippen LogP contribution in [0.5, 0.6) is 0 Å². The number of nitrogens with one attached hydrogen (secondary N) is 1. The molecule has 1 N–H and O–H groups in total. The third-order valence-electron chi connectivity index (χ3n) is 4.84. The first kappa shape index (κ1) is 19.5. The first-order chi connectivity index (χ1) is 12.9. The summed E-state index contributed by atoms with van der Waals surface area (Å²) in [5.74, 6) is -1.05. The smallest absolute Gasteiger partial charge is 0.245 e. The number of hydrogen-bond donors (Lipinski definition) is 1. The average Bonchev–Trinajstić information content (AvgIpc) is 2.68. The van der Waals surface area contributed by atoms with Gasteiger partial charge in [-0.15, -0.1) is 0 Å². The fraction of sp³-hybridized carbons (Fsp3) is 0.350. The molecule has 0 bridgehead atoms. The third-order valence-corrected chi connectivity index (χ3v) is 6.75. The zero-order chi connectivity index (χ0) is 19.4. The number of sulfonamides is 1. The Bertz CT molecular complexity index is 908. The van der Waals surface area contributed by atoms with E-state index in [2.05, 4.69) is 5.32 Å². The predicted octanol–water partition coefficient (Wildman–Crippen LogP) is 2.85. The Labute approximate surface area is 159 Å². The van der Waals surface area contributed by atoms with Crippen molar-refractivity contribution in [3.05, 3.63) is 65.5 Å². The molecule has 2 aromatic carbocycles. The van der Waals surface area contributed by atoms with Crippen LogP contribution in [0, 0.1) is 18.7 Å². The Morgan fingerprint density at radius 2 is 1.81 bits per heavy atom. The van der Waals surface area contributed by atoms with Crippen LogP contribution in [-0.4, -0.2) is 31.7 Å². The number of rotatable bonds is 5. The maximum absolute atomic E-state index is 14.0. The molecule has 0 unspecified atom stereocenters. The highest BCUT2D eigenvalue weighted by Crippen LogP contribution is 2.26. The number of carbonyl (C=O) groups excluding carboxylic acids is 1. The summed E-state index contributed by atoms with van der Waals surface area (Å²) in [6.45, 7) is 2.59. The van der Waals surface area contributed by atoms with E-state index in [1.54, 1.807) is 6.92 Å². The molecular weight excluding hydrogens is 367 g/mol. The maximum atomic E-state index is 14.0. The van der Waals surface area contributed by atoms with Crippen molar-refractivity contribution < 1.29 is 17.6 Å². The Morgan fingerprint density at radius 3 is 2.48 bits per heavy atom. The molecule has 5 nitrogen and oxygen atoms in total. The molecule has 1 saturated heterocycles. The van der Waals surface area contributed by atoms with Gasteiger partial charge in [0.2, 0.25) is 15.9 Å². The molecule has 3 rings (SSSR count). The number of aryl methyl sites for hydroxylation is 1. The Kier molecular flexibility index (Phi) is 5.92. The van der Waals surface area contributed by atoms with Crippen LogP contribution in [0.4, 0.5) is 4.39 Å². The summed E-state index contributed by atoms with van der Waals surface area (Å²) in [5, 5.41) is 2.90. The van der Waals surface area contributed by atoms with E-state index in [1.165, 1.54) is 22.5 Å². The highest BCUT2D eigenvalue weighted by Gasteiger charge is 2.33. The zero-order valence-electron chi connectivity index (χ0n) is 15.2. The molecule has 1 amide bonds. The second kappa shape index (κ2) is 8.19. The van der Waals surface area contributed by atoms with Crippen LogP contribution < -0.4 is 5.32 Å². The van der Waals surface area contributed by atoms with Crippen molar-refractivity contribution in [1.29, 1.82) is 0 Å². The Morgan fingerprint density at radius 1 is 1.15 bits per heavy atom. The number of amides is 1. The van der Waals surface area contributed by atoms with E-state index >= 15 is 0 Å².